The summed E-state index contributed by atoms with van der Waals surface area (Å²) in [5, 5.41) is 10.1. The van der Waals surface area contributed by atoms with Gasteiger partial charge in [-0.1, -0.05) is 23.8 Å². The summed E-state index contributed by atoms with van der Waals surface area (Å²) in [4.78, 5) is 0. The summed E-state index contributed by atoms with van der Waals surface area (Å²) in [5.74, 6) is 0. The Morgan fingerprint density at radius 2 is 1.61 bits per heavy atom. The first kappa shape index (κ1) is 15.4. The van der Waals surface area contributed by atoms with Crippen molar-refractivity contribution in [3.05, 3.63) is 23.8 Å². The summed E-state index contributed by atoms with van der Waals surface area (Å²) in [6.07, 6.45) is 12.8. The van der Waals surface area contributed by atoms with Gasteiger partial charge in [-0.3, -0.25) is 0 Å². The van der Waals surface area contributed by atoms with E-state index in [1.165, 1.54) is 32.1 Å². The van der Waals surface area contributed by atoms with Crippen molar-refractivity contribution in [2.45, 2.75) is 32.1 Å². The maximum Gasteiger partial charge on any atom is -0.00368 e. The molecule has 0 aromatic carbocycles. The van der Waals surface area contributed by atoms with Crippen LogP contribution in [0.4, 0.5) is 0 Å². The quantitative estimate of drug-likeness (QED) is 0.463. The van der Waals surface area contributed by atoms with Crippen LogP contribution in [-0.2, 0) is 0 Å². The normalized spacial score (nSPS) is 14.2. The highest BCUT2D eigenvalue weighted by Crippen LogP contribution is 2.15. The van der Waals surface area contributed by atoms with Crippen molar-refractivity contribution in [2.75, 3.05) is 39.8 Å². The molecule has 1 aliphatic rings. The Morgan fingerprint density at radius 1 is 0.944 bits per heavy atom. The fourth-order valence-corrected chi connectivity index (χ4v) is 2.10. The minimum absolute atomic E-state index is 1.11. The van der Waals surface area contributed by atoms with Gasteiger partial charge in [0.1, 0.15) is 0 Å². The fraction of sp³-hybridized carbons (Fsp3) is 0.733. The summed E-state index contributed by atoms with van der Waals surface area (Å²) in [6.45, 7) is 5.65. The van der Waals surface area contributed by atoms with Crippen molar-refractivity contribution in [1.82, 2.24) is 16.0 Å². The van der Waals surface area contributed by atoms with E-state index in [0.29, 0.717) is 0 Å². The maximum atomic E-state index is 3.51. The Balaban J connectivity index is 1.71. The van der Waals surface area contributed by atoms with Crippen LogP contribution < -0.4 is 16.0 Å². The van der Waals surface area contributed by atoms with E-state index in [2.05, 4.69) is 34.2 Å². The average molecular weight is 251 g/mol. The predicted molar refractivity (Wildman–Crippen MR) is 80.0 cm³/mol. The molecular weight excluding hydrogens is 222 g/mol. The van der Waals surface area contributed by atoms with Crippen molar-refractivity contribution < 1.29 is 0 Å². The molecule has 1 rings (SSSR count). The molecule has 0 saturated heterocycles. The number of hydrogen-bond donors (Lipinski definition) is 3. The largest absolute Gasteiger partial charge is 0.320 e. The highest BCUT2D eigenvalue weighted by Gasteiger charge is 1.98. The van der Waals surface area contributed by atoms with Gasteiger partial charge in [0.25, 0.3) is 0 Å². The molecule has 0 fully saturated rings. The molecule has 0 bridgehead atoms. The molecule has 0 aromatic heterocycles. The minimum atomic E-state index is 1.11. The summed E-state index contributed by atoms with van der Waals surface area (Å²) < 4.78 is 0. The SMILES string of the molecule is CNCCCNCCCNCCCC1=CC=CC1. The third kappa shape index (κ3) is 8.45. The molecule has 0 radical (unpaired) electrons. The second kappa shape index (κ2) is 11.5. The lowest BCUT2D eigenvalue weighted by Crippen LogP contribution is -2.24. The van der Waals surface area contributed by atoms with E-state index in [-0.39, 0.29) is 0 Å². The smallest absolute Gasteiger partial charge is 0.00368 e. The van der Waals surface area contributed by atoms with Crippen molar-refractivity contribution >= 4 is 0 Å². The van der Waals surface area contributed by atoms with Gasteiger partial charge in [-0.25, -0.2) is 0 Å². The monoisotopic (exact) mass is 251 g/mol. The fourth-order valence-electron chi connectivity index (χ4n) is 2.10. The Kier molecular flexibility index (Phi) is 9.81. The van der Waals surface area contributed by atoms with Gasteiger partial charge in [-0.15, -0.1) is 0 Å². The molecule has 0 aliphatic heterocycles. The topological polar surface area (TPSA) is 36.1 Å². The molecule has 0 aromatic rings. The second-order valence-corrected chi connectivity index (χ2v) is 4.87. The van der Waals surface area contributed by atoms with Gasteiger partial charge < -0.3 is 16.0 Å². The third-order valence-corrected chi connectivity index (χ3v) is 3.19. The van der Waals surface area contributed by atoms with E-state index in [9.17, 15) is 0 Å². The lowest BCUT2D eigenvalue weighted by atomic mass is 10.1. The second-order valence-electron chi connectivity index (χ2n) is 4.87. The molecule has 3 N–H and O–H groups in total. The standard InChI is InChI=1S/C15H29N3/c1-16-10-5-12-18-14-6-13-17-11-4-9-15-7-2-3-8-15/h2-3,7,16-18H,4-6,8-14H2,1H3. The molecule has 0 heterocycles. The highest BCUT2D eigenvalue weighted by molar-refractivity contribution is 5.22. The number of nitrogens with one attached hydrogen (secondary N) is 3. The molecule has 0 spiro atoms. The Morgan fingerprint density at radius 3 is 2.22 bits per heavy atom. The van der Waals surface area contributed by atoms with Gasteiger partial charge in [-0.05, 0) is 71.9 Å². The van der Waals surface area contributed by atoms with Crippen molar-refractivity contribution in [3.63, 3.8) is 0 Å². The van der Waals surface area contributed by atoms with Crippen LogP contribution in [0.2, 0.25) is 0 Å². The van der Waals surface area contributed by atoms with Crippen LogP contribution >= 0.6 is 0 Å². The Labute approximate surface area is 112 Å². The molecule has 0 saturated carbocycles. The van der Waals surface area contributed by atoms with Gasteiger partial charge in [-0.2, -0.15) is 0 Å². The third-order valence-electron chi connectivity index (χ3n) is 3.19. The number of rotatable bonds is 12. The van der Waals surface area contributed by atoms with Crippen LogP contribution in [0.5, 0.6) is 0 Å². The van der Waals surface area contributed by atoms with E-state index in [1.54, 1.807) is 5.57 Å². The predicted octanol–water partition coefficient (Wildman–Crippen LogP) is 1.83. The molecule has 3 heteroatoms. The van der Waals surface area contributed by atoms with Gasteiger partial charge >= 0.3 is 0 Å². The number of allylic oxidation sites excluding steroid dienone is 4. The molecule has 0 unspecified atom stereocenters. The van der Waals surface area contributed by atoms with E-state index < -0.39 is 0 Å². The lowest BCUT2D eigenvalue weighted by molar-refractivity contribution is 0.569. The van der Waals surface area contributed by atoms with Crippen LogP contribution in [0.15, 0.2) is 23.8 Å². The molecule has 1 aliphatic carbocycles. The first-order valence-electron chi connectivity index (χ1n) is 7.34. The van der Waals surface area contributed by atoms with Crippen LogP contribution in [0.1, 0.15) is 32.1 Å². The molecule has 0 atom stereocenters. The Bertz CT molecular complexity index is 246. The molecule has 0 amide bonds. The number of hydrogen-bond acceptors (Lipinski definition) is 3. The van der Waals surface area contributed by atoms with Crippen molar-refractivity contribution in [1.29, 1.82) is 0 Å². The van der Waals surface area contributed by atoms with Crippen molar-refractivity contribution in [2.24, 2.45) is 0 Å². The summed E-state index contributed by atoms with van der Waals surface area (Å²) >= 11 is 0. The van der Waals surface area contributed by atoms with Gasteiger partial charge in [0, 0.05) is 0 Å². The summed E-state index contributed by atoms with van der Waals surface area (Å²) in [5.41, 5.74) is 1.59. The van der Waals surface area contributed by atoms with Gasteiger partial charge in [0.2, 0.25) is 0 Å². The summed E-state index contributed by atoms with van der Waals surface area (Å²) in [6, 6.07) is 0. The molecule has 18 heavy (non-hydrogen) atoms. The van der Waals surface area contributed by atoms with E-state index in [1.807, 2.05) is 7.05 Å². The van der Waals surface area contributed by atoms with Gasteiger partial charge in [0.05, 0.1) is 0 Å². The van der Waals surface area contributed by atoms with E-state index in [4.69, 9.17) is 0 Å². The molecule has 104 valence electrons. The molecular formula is C15H29N3. The maximum absolute atomic E-state index is 3.51. The first-order valence-corrected chi connectivity index (χ1v) is 7.34. The average Bonchev–Trinajstić information content (AvgIpc) is 2.89. The first-order chi connectivity index (χ1) is 8.93. The zero-order chi connectivity index (χ0) is 12.9. The van der Waals surface area contributed by atoms with E-state index >= 15 is 0 Å². The van der Waals surface area contributed by atoms with Crippen LogP contribution in [0.3, 0.4) is 0 Å². The van der Waals surface area contributed by atoms with Crippen LogP contribution in [-0.4, -0.2) is 39.8 Å². The molecule has 3 nitrogen and oxygen atoms in total. The van der Waals surface area contributed by atoms with Crippen LogP contribution in [0, 0.1) is 0 Å². The zero-order valence-corrected chi connectivity index (χ0v) is 11.8. The van der Waals surface area contributed by atoms with Crippen LogP contribution in [0.25, 0.3) is 0 Å². The summed E-state index contributed by atoms with van der Waals surface area (Å²) in [7, 11) is 2.00. The highest BCUT2D eigenvalue weighted by atomic mass is 14.9. The van der Waals surface area contributed by atoms with Crippen molar-refractivity contribution in [3.8, 4) is 0 Å². The van der Waals surface area contributed by atoms with E-state index in [0.717, 1.165) is 32.7 Å². The zero-order valence-electron chi connectivity index (χ0n) is 11.8. The Hall–Kier alpha value is -0.640. The van der Waals surface area contributed by atoms with Gasteiger partial charge in [0.15, 0.2) is 0 Å². The lowest BCUT2D eigenvalue weighted by Gasteiger charge is -2.06. The minimum Gasteiger partial charge on any atom is -0.320 e.